The fourth-order valence-corrected chi connectivity index (χ4v) is 1.45. The molecule has 1 fully saturated rings. The number of carbonyl (C=O) groups is 1. The van der Waals surface area contributed by atoms with E-state index in [0.29, 0.717) is 5.69 Å². The van der Waals surface area contributed by atoms with Crippen LogP contribution in [0.2, 0.25) is 0 Å². The second-order valence-corrected chi connectivity index (χ2v) is 3.31. The topological polar surface area (TPSA) is 40.5 Å². The van der Waals surface area contributed by atoms with E-state index in [0.717, 1.165) is 25.6 Å². The fraction of sp³-hybridized carbons (Fsp3) is 0.300. The molecule has 1 aliphatic rings. The molecule has 4 heteroatoms. The van der Waals surface area contributed by atoms with E-state index in [9.17, 15) is 9.18 Å². The number of carboxylic acids is 1. The standard InChI is InChI=1S/C10H10FNO2/c11-8-6-7(10(13)14)2-3-9(8)12-4-1-5-12/h2-3,6H,1,4-5H2,(H,13,14). The first-order valence-corrected chi connectivity index (χ1v) is 4.46. The van der Waals surface area contributed by atoms with Gasteiger partial charge >= 0.3 is 5.97 Å². The predicted molar refractivity (Wildman–Crippen MR) is 50.2 cm³/mol. The van der Waals surface area contributed by atoms with Crippen molar-refractivity contribution < 1.29 is 14.3 Å². The van der Waals surface area contributed by atoms with Gasteiger partial charge in [0.2, 0.25) is 0 Å². The van der Waals surface area contributed by atoms with Gasteiger partial charge < -0.3 is 10.0 Å². The molecule has 0 unspecified atom stereocenters. The van der Waals surface area contributed by atoms with E-state index in [2.05, 4.69) is 0 Å². The number of hydrogen-bond acceptors (Lipinski definition) is 2. The number of hydrogen-bond donors (Lipinski definition) is 1. The molecule has 1 N–H and O–H groups in total. The largest absolute Gasteiger partial charge is 0.478 e. The molecule has 0 aromatic heterocycles. The molecule has 2 rings (SSSR count). The first-order chi connectivity index (χ1) is 6.68. The van der Waals surface area contributed by atoms with E-state index < -0.39 is 11.8 Å². The molecular weight excluding hydrogens is 185 g/mol. The summed E-state index contributed by atoms with van der Waals surface area (Å²) < 4.78 is 13.4. The summed E-state index contributed by atoms with van der Waals surface area (Å²) in [6, 6.07) is 4.02. The summed E-state index contributed by atoms with van der Waals surface area (Å²) in [7, 11) is 0. The van der Waals surface area contributed by atoms with Crippen molar-refractivity contribution in [2.75, 3.05) is 18.0 Å². The zero-order chi connectivity index (χ0) is 10.1. The quantitative estimate of drug-likeness (QED) is 0.781. The van der Waals surface area contributed by atoms with E-state index in [1.165, 1.54) is 12.1 Å². The Hall–Kier alpha value is -1.58. The maximum atomic E-state index is 13.4. The highest BCUT2D eigenvalue weighted by Gasteiger charge is 2.18. The zero-order valence-electron chi connectivity index (χ0n) is 7.53. The van der Waals surface area contributed by atoms with Gasteiger partial charge in [0.25, 0.3) is 0 Å². The number of rotatable bonds is 2. The first kappa shape index (κ1) is 8.99. The zero-order valence-corrected chi connectivity index (χ0v) is 7.53. The highest BCUT2D eigenvalue weighted by atomic mass is 19.1. The van der Waals surface area contributed by atoms with Crippen LogP contribution in [0, 0.1) is 5.82 Å². The fourth-order valence-electron chi connectivity index (χ4n) is 1.45. The van der Waals surface area contributed by atoms with Crippen molar-refractivity contribution in [1.82, 2.24) is 0 Å². The van der Waals surface area contributed by atoms with E-state index >= 15 is 0 Å². The minimum Gasteiger partial charge on any atom is -0.478 e. The normalized spacial score (nSPS) is 15.1. The van der Waals surface area contributed by atoms with Gasteiger partial charge in [0.05, 0.1) is 11.3 Å². The Labute approximate surface area is 80.8 Å². The highest BCUT2D eigenvalue weighted by molar-refractivity contribution is 5.88. The molecule has 0 atom stereocenters. The molecule has 1 aromatic rings. The Kier molecular flexibility index (Phi) is 2.11. The Morgan fingerprint density at radius 1 is 1.43 bits per heavy atom. The second kappa shape index (κ2) is 3.29. The lowest BCUT2D eigenvalue weighted by molar-refractivity contribution is 0.0696. The Balaban J connectivity index is 2.30. The van der Waals surface area contributed by atoms with Gasteiger partial charge in [-0.2, -0.15) is 0 Å². The molecule has 0 radical (unpaired) electrons. The molecule has 0 amide bonds. The van der Waals surface area contributed by atoms with Crippen LogP contribution in [-0.4, -0.2) is 24.2 Å². The monoisotopic (exact) mass is 195 g/mol. The summed E-state index contributed by atoms with van der Waals surface area (Å²) in [6.45, 7) is 1.70. The van der Waals surface area contributed by atoms with E-state index in [1.807, 2.05) is 4.90 Å². The average Bonchev–Trinajstić information content (AvgIpc) is 2.04. The Morgan fingerprint density at radius 2 is 2.14 bits per heavy atom. The maximum Gasteiger partial charge on any atom is 0.335 e. The number of carboxylic acid groups (broad SMARTS) is 1. The SMILES string of the molecule is O=C(O)c1ccc(N2CCC2)c(F)c1. The summed E-state index contributed by atoms with van der Waals surface area (Å²) in [5.74, 6) is -1.55. The van der Waals surface area contributed by atoms with Crippen molar-refractivity contribution in [2.24, 2.45) is 0 Å². The van der Waals surface area contributed by atoms with E-state index in [4.69, 9.17) is 5.11 Å². The summed E-state index contributed by atoms with van der Waals surface area (Å²) >= 11 is 0. The average molecular weight is 195 g/mol. The third-order valence-electron chi connectivity index (χ3n) is 2.39. The van der Waals surface area contributed by atoms with Crippen molar-refractivity contribution in [3.63, 3.8) is 0 Å². The van der Waals surface area contributed by atoms with Gasteiger partial charge in [-0.3, -0.25) is 0 Å². The van der Waals surface area contributed by atoms with Gasteiger partial charge in [-0.25, -0.2) is 9.18 Å². The summed E-state index contributed by atoms with van der Waals surface area (Å²) in [6.07, 6.45) is 1.07. The van der Waals surface area contributed by atoms with Gasteiger partial charge in [-0.1, -0.05) is 0 Å². The molecule has 0 saturated carbocycles. The minimum absolute atomic E-state index is 0.00762. The van der Waals surface area contributed by atoms with E-state index in [-0.39, 0.29) is 5.56 Å². The van der Waals surface area contributed by atoms with E-state index in [1.54, 1.807) is 0 Å². The first-order valence-electron chi connectivity index (χ1n) is 4.46. The van der Waals surface area contributed by atoms with Crippen LogP contribution < -0.4 is 4.90 Å². The second-order valence-electron chi connectivity index (χ2n) is 3.31. The molecule has 1 aliphatic heterocycles. The van der Waals surface area contributed by atoms with Gasteiger partial charge in [0.15, 0.2) is 0 Å². The predicted octanol–water partition coefficient (Wildman–Crippen LogP) is 1.73. The van der Waals surface area contributed by atoms with Crippen molar-refractivity contribution in [3.8, 4) is 0 Å². The molecule has 3 nitrogen and oxygen atoms in total. The van der Waals surface area contributed by atoms with Crippen molar-refractivity contribution in [3.05, 3.63) is 29.6 Å². The van der Waals surface area contributed by atoms with Crippen LogP contribution in [0.15, 0.2) is 18.2 Å². The van der Waals surface area contributed by atoms with Crippen LogP contribution in [0.5, 0.6) is 0 Å². The molecule has 14 heavy (non-hydrogen) atoms. The lowest BCUT2D eigenvalue weighted by atomic mass is 10.1. The molecule has 1 saturated heterocycles. The molecule has 74 valence electrons. The molecule has 1 aromatic carbocycles. The van der Waals surface area contributed by atoms with Crippen LogP contribution in [0.1, 0.15) is 16.8 Å². The summed E-state index contributed by atoms with van der Waals surface area (Å²) in [5.41, 5.74) is 0.494. The number of halogens is 1. The van der Waals surface area contributed by atoms with Crippen LogP contribution in [0.4, 0.5) is 10.1 Å². The summed E-state index contributed by atoms with van der Waals surface area (Å²) in [5, 5.41) is 8.63. The third kappa shape index (κ3) is 1.43. The number of benzene rings is 1. The van der Waals surface area contributed by atoms with Crippen molar-refractivity contribution in [1.29, 1.82) is 0 Å². The number of anilines is 1. The van der Waals surface area contributed by atoms with Crippen LogP contribution >= 0.6 is 0 Å². The Morgan fingerprint density at radius 3 is 2.57 bits per heavy atom. The highest BCUT2D eigenvalue weighted by Crippen LogP contribution is 2.24. The van der Waals surface area contributed by atoms with Gasteiger partial charge in [-0.05, 0) is 24.6 Å². The smallest absolute Gasteiger partial charge is 0.335 e. The molecule has 0 bridgehead atoms. The number of nitrogens with zero attached hydrogens (tertiary/aromatic N) is 1. The molecular formula is C10H10FNO2. The van der Waals surface area contributed by atoms with Gasteiger partial charge in [0.1, 0.15) is 5.82 Å². The number of aromatic carboxylic acids is 1. The van der Waals surface area contributed by atoms with Crippen LogP contribution in [-0.2, 0) is 0 Å². The van der Waals surface area contributed by atoms with Gasteiger partial charge in [-0.15, -0.1) is 0 Å². The van der Waals surface area contributed by atoms with Crippen LogP contribution in [0.3, 0.4) is 0 Å². The van der Waals surface area contributed by atoms with Gasteiger partial charge in [0, 0.05) is 13.1 Å². The van der Waals surface area contributed by atoms with Crippen LogP contribution in [0.25, 0.3) is 0 Å². The minimum atomic E-state index is -1.10. The Bertz CT molecular complexity index is 374. The lowest BCUT2D eigenvalue weighted by Crippen LogP contribution is -2.37. The summed E-state index contributed by atoms with van der Waals surface area (Å²) in [4.78, 5) is 12.4. The molecule has 1 heterocycles. The van der Waals surface area contributed by atoms with Crippen molar-refractivity contribution >= 4 is 11.7 Å². The lowest BCUT2D eigenvalue weighted by Gasteiger charge is -2.33. The van der Waals surface area contributed by atoms with Crippen molar-refractivity contribution in [2.45, 2.75) is 6.42 Å². The molecule has 0 spiro atoms. The third-order valence-corrected chi connectivity index (χ3v) is 2.39. The maximum absolute atomic E-state index is 13.4. The molecule has 0 aliphatic carbocycles.